The van der Waals surface area contributed by atoms with Crippen LogP contribution in [-0.4, -0.2) is 55.7 Å². The van der Waals surface area contributed by atoms with E-state index in [1.54, 1.807) is 24.3 Å². The molecule has 2 aromatic heterocycles. The summed E-state index contributed by atoms with van der Waals surface area (Å²) in [5.41, 5.74) is 3.76. The zero-order valence-electron chi connectivity index (χ0n) is 15.9. The van der Waals surface area contributed by atoms with Crippen molar-refractivity contribution < 1.29 is 9.18 Å². The van der Waals surface area contributed by atoms with Crippen molar-refractivity contribution in [1.82, 2.24) is 23.6 Å². The number of hydrogen-bond donors (Lipinski definition) is 0. The molecule has 9 heteroatoms. The van der Waals surface area contributed by atoms with Gasteiger partial charge in [0.1, 0.15) is 29.0 Å². The van der Waals surface area contributed by atoms with E-state index in [9.17, 15) is 9.18 Å². The van der Waals surface area contributed by atoms with Crippen molar-refractivity contribution in [1.29, 1.82) is 0 Å². The number of anilines is 1. The van der Waals surface area contributed by atoms with Gasteiger partial charge in [-0.25, -0.2) is 14.4 Å². The molecule has 0 N–H and O–H groups in total. The second kappa shape index (κ2) is 7.75. The van der Waals surface area contributed by atoms with Crippen LogP contribution in [0.1, 0.15) is 10.4 Å². The first-order valence-electron chi connectivity index (χ1n) is 9.52. The van der Waals surface area contributed by atoms with Crippen molar-refractivity contribution in [3.63, 3.8) is 0 Å². The molecule has 0 unspecified atom stereocenters. The van der Waals surface area contributed by atoms with E-state index in [0.29, 0.717) is 31.7 Å². The number of rotatable bonds is 3. The Morgan fingerprint density at radius 2 is 1.67 bits per heavy atom. The summed E-state index contributed by atoms with van der Waals surface area (Å²) in [5.74, 6) is 0.518. The fourth-order valence-electron chi connectivity index (χ4n) is 3.53. The molecule has 1 saturated heterocycles. The number of hydrogen-bond acceptors (Lipinski definition) is 7. The van der Waals surface area contributed by atoms with Crippen molar-refractivity contribution in [3.8, 4) is 11.3 Å². The van der Waals surface area contributed by atoms with E-state index in [0.717, 1.165) is 39.8 Å². The van der Waals surface area contributed by atoms with Gasteiger partial charge in [0.05, 0.1) is 17.4 Å². The van der Waals surface area contributed by atoms with Crippen LogP contribution in [0.2, 0.25) is 0 Å². The van der Waals surface area contributed by atoms with Crippen LogP contribution in [-0.2, 0) is 0 Å². The number of halogens is 1. The topological polar surface area (TPSA) is 75.1 Å². The molecule has 4 aromatic rings. The first kappa shape index (κ1) is 18.6. The molecule has 150 valence electrons. The van der Waals surface area contributed by atoms with Gasteiger partial charge in [-0.05, 0) is 42.5 Å². The third-order valence-corrected chi connectivity index (χ3v) is 5.74. The standard InChI is InChI=1S/C21H17FN6OS/c22-16-4-1-14(2-5-16)18-12-20(24-13-23-18)27-7-9-28(10-8-27)21(29)15-3-6-17-19(11-15)26-30-25-17/h1-6,11-13H,7-10H2. The van der Waals surface area contributed by atoms with Gasteiger partial charge in [0.15, 0.2) is 0 Å². The normalized spacial score (nSPS) is 14.3. The van der Waals surface area contributed by atoms with Gasteiger partial charge in [-0.2, -0.15) is 8.75 Å². The molecule has 30 heavy (non-hydrogen) atoms. The van der Waals surface area contributed by atoms with E-state index in [1.807, 2.05) is 17.0 Å². The van der Waals surface area contributed by atoms with Crippen molar-refractivity contribution in [3.05, 3.63) is 66.2 Å². The van der Waals surface area contributed by atoms with Gasteiger partial charge in [-0.15, -0.1) is 0 Å². The first-order chi connectivity index (χ1) is 14.7. The zero-order valence-corrected chi connectivity index (χ0v) is 16.7. The van der Waals surface area contributed by atoms with Gasteiger partial charge >= 0.3 is 0 Å². The first-order valence-corrected chi connectivity index (χ1v) is 10.2. The number of fused-ring (bicyclic) bond motifs is 1. The highest BCUT2D eigenvalue weighted by Crippen LogP contribution is 2.22. The van der Waals surface area contributed by atoms with Crippen LogP contribution in [0.5, 0.6) is 0 Å². The Hall–Kier alpha value is -3.46. The molecule has 1 aliphatic rings. The van der Waals surface area contributed by atoms with Crippen LogP contribution in [0.25, 0.3) is 22.3 Å². The fourth-order valence-corrected chi connectivity index (χ4v) is 4.05. The molecule has 3 heterocycles. The minimum absolute atomic E-state index is 0.000705. The second-order valence-electron chi connectivity index (χ2n) is 7.02. The number of aromatic nitrogens is 4. The van der Waals surface area contributed by atoms with Crippen molar-refractivity contribution >= 4 is 34.5 Å². The lowest BCUT2D eigenvalue weighted by atomic mass is 10.1. The molecule has 0 radical (unpaired) electrons. The van der Waals surface area contributed by atoms with Crippen LogP contribution < -0.4 is 4.90 Å². The molecule has 0 atom stereocenters. The predicted molar refractivity (Wildman–Crippen MR) is 113 cm³/mol. The Morgan fingerprint density at radius 3 is 2.47 bits per heavy atom. The number of carbonyl (C=O) groups excluding carboxylic acids is 1. The largest absolute Gasteiger partial charge is 0.353 e. The van der Waals surface area contributed by atoms with Crippen molar-refractivity contribution in [2.24, 2.45) is 0 Å². The van der Waals surface area contributed by atoms with Crippen LogP contribution in [0.4, 0.5) is 10.2 Å². The molecule has 0 aliphatic carbocycles. The monoisotopic (exact) mass is 420 g/mol. The number of nitrogens with zero attached hydrogens (tertiary/aromatic N) is 6. The highest BCUT2D eigenvalue weighted by atomic mass is 32.1. The lowest BCUT2D eigenvalue weighted by Gasteiger charge is -2.35. The Bertz CT molecular complexity index is 1200. The van der Waals surface area contributed by atoms with E-state index in [4.69, 9.17) is 0 Å². The maximum Gasteiger partial charge on any atom is 0.254 e. The maximum atomic E-state index is 13.2. The third kappa shape index (κ3) is 3.59. The summed E-state index contributed by atoms with van der Waals surface area (Å²) < 4.78 is 21.6. The van der Waals surface area contributed by atoms with E-state index in [-0.39, 0.29) is 11.7 Å². The summed E-state index contributed by atoms with van der Waals surface area (Å²) in [5, 5.41) is 0. The summed E-state index contributed by atoms with van der Waals surface area (Å²) >= 11 is 1.14. The van der Waals surface area contributed by atoms with E-state index in [1.165, 1.54) is 18.5 Å². The molecule has 2 aromatic carbocycles. The molecule has 1 aliphatic heterocycles. The number of piperazine rings is 1. The highest BCUT2D eigenvalue weighted by Gasteiger charge is 2.23. The van der Waals surface area contributed by atoms with Gasteiger partial charge in [-0.3, -0.25) is 4.79 Å². The Morgan fingerprint density at radius 1 is 0.900 bits per heavy atom. The summed E-state index contributed by atoms with van der Waals surface area (Å²) in [6, 6.07) is 13.6. The van der Waals surface area contributed by atoms with Gasteiger partial charge < -0.3 is 9.80 Å². The number of benzene rings is 2. The van der Waals surface area contributed by atoms with E-state index in [2.05, 4.69) is 23.6 Å². The fraction of sp³-hybridized carbons (Fsp3) is 0.190. The molecule has 1 amide bonds. The lowest BCUT2D eigenvalue weighted by molar-refractivity contribution is 0.0746. The van der Waals surface area contributed by atoms with Crippen molar-refractivity contribution in [2.45, 2.75) is 0 Å². The van der Waals surface area contributed by atoms with Crippen molar-refractivity contribution in [2.75, 3.05) is 31.1 Å². The Kier molecular flexibility index (Phi) is 4.80. The minimum atomic E-state index is -0.279. The van der Waals surface area contributed by atoms with Crippen LogP contribution >= 0.6 is 11.7 Å². The Balaban J connectivity index is 1.28. The zero-order chi connectivity index (χ0) is 20.5. The average molecular weight is 420 g/mol. The van der Waals surface area contributed by atoms with Gasteiger partial charge in [0.25, 0.3) is 5.91 Å². The minimum Gasteiger partial charge on any atom is -0.353 e. The molecule has 0 saturated carbocycles. The SMILES string of the molecule is O=C(c1ccc2nsnc2c1)N1CCN(c2cc(-c3ccc(F)cc3)ncn2)CC1. The summed E-state index contributed by atoms with van der Waals surface area (Å²) in [6.07, 6.45) is 1.52. The van der Waals surface area contributed by atoms with Gasteiger partial charge in [0.2, 0.25) is 0 Å². The molecule has 0 bridgehead atoms. The van der Waals surface area contributed by atoms with Gasteiger partial charge in [-0.1, -0.05) is 0 Å². The number of carbonyl (C=O) groups is 1. The summed E-state index contributed by atoms with van der Waals surface area (Å²) in [7, 11) is 0. The lowest BCUT2D eigenvalue weighted by Crippen LogP contribution is -2.49. The molecule has 0 spiro atoms. The van der Waals surface area contributed by atoms with Crippen LogP contribution in [0, 0.1) is 5.82 Å². The average Bonchev–Trinajstić information content (AvgIpc) is 3.27. The Labute approximate surface area is 176 Å². The van der Waals surface area contributed by atoms with E-state index < -0.39 is 0 Å². The summed E-state index contributed by atoms with van der Waals surface area (Å²) in [6.45, 7) is 2.54. The third-order valence-electron chi connectivity index (χ3n) is 5.18. The predicted octanol–water partition coefficient (Wildman–Crippen LogP) is 3.25. The highest BCUT2D eigenvalue weighted by molar-refractivity contribution is 7.00. The second-order valence-corrected chi connectivity index (χ2v) is 7.54. The summed E-state index contributed by atoms with van der Waals surface area (Å²) in [4.78, 5) is 25.5. The van der Waals surface area contributed by atoms with Gasteiger partial charge in [0, 0.05) is 43.4 Å². The van der Waals surface area contributed by atoms with Crippen LogP contribution in [0.15, 0.2) is 54.9 Å². The molecular weight excluding hydrogens is 403 g/mol. The smallest absolute Gasteiger partial charge is 0.254 e. The molecule has 5 rings (SSSR count). The van der Waals surface area contributed by atoms with E-state index >= 15 is 0 Å². The maximum absolute atomic E-state index is 13.2. The molecule has 7 nitrogen and oxygen atoms in total. The quantitative estimate of drug-likeness (QED) is 0.507. The van der Waals surface area contributed by atoms with Crippen LogP contribution in [0.3, 0.4) is 0 Å². The number of amides is 1. The molecular formula is C21H17FN6OS. The molecule has 1 fully saturated rings.